The van der Waals surface area contributed by atoms with E-state index in [1.54, 1.807) is 0 Å². The number of aliphatic hydroxyl groups excluding tert-OH is 2. The molecule has 1 saturated carbocycles. The third-order valence-electron chi connectivity index (χ3n) is 7.66. The SMILES string of the molecule is CN(C[C@H]1O[C@@H](NCN)[C@H](O)[C@@H]1O)C1CC(CCC2Nc3ccc(C4COC4)cc3N2)C1. The molecule has 9 nitrogen and oxygen atoms in total. The summed E-state index contributed by atoms with van der Waals surface area (Å²) in [6, 6.07) is 7.18. The number of hydrogen-bond donors (Lipinski definition) is 6. The molecule has 7 N–H and O–H groups in total. The minimum absolute atomic E-state index is 0.202. The minimum Gasteiger partial charge on any atom is -0.387 e. The summed E-state index contributed by atoms with van der Waals surface area (Å²) < 4.78 is 11.1. The molecule has 1 aliphatic carbocycles. The van der Waals surface area contributed by atoms with Crippen LogP contribution in [0.25, 0.3) is 0 Å². The van der Waals surface area contributed by atoms with E-state index in [1.807, 2.05) is 0 Å². The van der Waals surface area contributed by atoms with E-state index in [1.165, 1.54) is 23.4 Å². The van der Waals surface area contributed by atoms with E-state index >= 15 is 0 Å². The first-order valence-electron chi connectivity index (χ1n) is 11.9. The fourth-order valence-electron chi connectivity index (χ4n) is 5.36. The lowest BCUT2D eigenvalue weighted by atomic mass is 9.76. The fourth-order valence-corrected chi connectivity index (χ4v) is 5.36. The Kier molecular flexibility index (Phi) is 6.58. The van der Waals surface area contributed by atoms with Crippen LogP contribution in [0.4, 0.5) is 11.4 Å². The van der Waals surface area contributed by atoms with Gasteiger partial charge in [-0.15, -0.1) is 0 Å². The number of nitrogens with two attached hydrogens (primary N) is 1. The van der Waals surface area contributed by atoms with E-state index in [9.17, 15) is 10.2 Å². The lowest BCUT2D eigenvalue weighted by molar-refractivity contribution is -0.0348. The number of benzene rings is 1. The van der Waals surface area contributed by atoms with Crippen LogP contribution in [0.3, 0.4) is 0 Å². The Bertz CT molecular complexity index is 788. The van der Waals surface area contributed by atoms with E-state index in [-0.39, 0.29) is 6.67 Å². The number of fused-ring (bicyclic) bond motifs is 1. The summed E-state index contributed by atoms with van der Waals surface area (Å²) in [6.07, 6.45) is 2.07. The van der Waals surface area contributed by atoms with Gasteiger partial charge in [0.05, 0.1) is 30.8 Å². The van der Waals surface area contributed by atoms with E-state index in [0.29, 0.717) is 24.7 Å². The second kappa shape index (κ2) is 9.42. The lowest BCUT2D eigenvalue weighted by Crippen LogP contribution is -2.48. The maximum absolute atomic E-state index is 10.3. The molecule has 4 aliphatic rings. The largest absolute Gasteiger partial charge is 0.387 e. The second-order valence-electron chi connectivity index (χ2n) is 9.87. The lowest BCUT2D eigenvalue weighted by Gasteiger charge is -2.42. The summed E-state index contributed by atoms with van der Waals surface area (Å²) in [5.41, 5.74) is 9.25. The number of aliphatic hydroxyl groups is 2. The van der Waals surface area contributed by atoms with Crippen LogP contribution < -0.4 is 21.7 Å². The van der Waals surface area contributed by atoms with Crippen LogP contribution in [0.2, 0.25) is 0 Å². The summed E-state index contributed by atoms with van der Waals surface area (Å²) in [7, 11) is 2.08. The average molecular weight is 448 g/mol. The Balaban J connectivity index is 1.02. The molecule has 0 radical (unpaired) electrons. The standard InChI is InChI=1S/C23H37N5O4/c1-28(9-19-21(29)22(30)23(32-19)25-12-24)16-6-13(7-16)2-5-20-26-17-4-3-14(8-18(17)27-20)15-10-31-11-15/h3-4,8,13,15-16,19-23,25-27,29-30H,2,5-7,9-12,24H2,1H3/t13?,16?,19-,20?,21-,22-,23-/m1/s1. The topological polar surface area (TPSA) is 124 Å². The summed E-state index contributed by atoms with van der Waals surface area (Å²) in [6.45, 7) is 2.48. The molecule has 0 bridgehead atoms. The molecule has 1 aromatic rings. The summed E-state index contributed by atoms with van der Waals surface area (Å²) in [5.74, 6) is 1.27. The van der Waals surface area contributed by atoms with Crippen molar-refractivity contribution in [2.24, 2.45) is 11.7 Å². The highest BCUT2D eigenvalue weighted by Gasteiger charge is 2.44. The molecule has 5 atom stereocenters. The van der Waals surface area contributed by atoms with Gasteiger partial charge >= 0.3 is 0 Å². The van der Waals surface area contributed by atoms with Crippen LogP contribution in [0.1, 0.15) is 37.2 Å². The molecule has 32 heavy (non-hydrogen) atoms. The van der Waals surface area contributed by atoms with Crippen LogP contribution in [0.15, 0.2) is 18.2 Å². The molecule has 3 fully saturated rings. The zero-order valence-electron chi connectivity index (χ0n) is 18.7. The van der Waals surface area contributed by atoms with Crippen molar-refractivity contribution in [3.05, 3.63) is 23.8 Å². The molecule has 0 amide bonds. The van der Waals surface area contributed by atoms with Gasteiger partial charge in [0, 0.05) is 25.2 Å². The van der Waals surface area contributed by atoms with Gasteiger partial charge < -0.3 is 41.0 Å². The highest BCUT2D eigenvalue weighted by atomic mass is 16.6. The van der Waals surface area contributed by atoms with E-state index in [2.05, 4.69) is 46.1 Å². The first kappa shape index (κ1) is 22.3. The summed E-state index contributed by atoms with van der Waals surface area (Å²) in [5, 5.41) is 30.5. The number of anilines is 2. The Morgan fingerprint density at radius 2 is 1.91 bits per heavy atom. The van der Waals surface area contributed by atoms with Gasteiger partial charge in [0.25, 0.3) is 0 Å². The van der Waals surface area contributed by atoms with Gasteiger partial charge in [-0.1, -0.05) is 6.07 Å². The predicted octanol–water partition coefficient (Wildman–Crippen LogP) is 0.407. The Morgan fingerprint density at radius 3 is 2.62 bits per heavy atom. The summed E-state index contributed by atoms with van der Waals surface area (Å²) >= 11 is 0. The molecule has 178 valence electrons. The molecule has 9 heteroatoms. The van der Waals surface area contributed by atoms with Crippen LogP contribution in [-0.4, -0.2) is 85.3 Å². The molecular weight excluding hydrogens is 410 g/mol. The first-order valence-corrected chi connectivity index (χ1v) is 11.9. The molecule has 1 aromatic carbocycles. The number of nitrogens with one attached hydrogen (secondary N) is 3. The first-order chi connectivity index (χ1) is 15.5. The van der Waals surface area contributed by atoms with Crippen molar-refractivity contribution in [2.45, 2.75) is 68.3 Å². The monoisotopic (exact) mass is 447 g/mol. The van der Waals surface area contributed by atoms with Gasteiger partial charge in [0.15, 0.2) is 0 Å². The van der Waals surface area contributed by atoms with E-state index < -0.39 is 24.5 Å². The summed E-state index contributed by atoms with van der Waals surface area (Å²) in [4.78, 5) is 2.26. The number of likely N-dealkylation sites (N-methyl/N-ethyl adjacent to an activating group) is 1. The third kappa shape index (κ3) is 4.48. The van der Waals surface area contributed by atoms with Crippen LogP contribution >= 0.6 is 0 Å². The van der Waals surface area contributed by atoms with Crippen molar-refractivity contribution in [3.8, 4) is 0 Å². The van der Waals surface area contributed by atoms with Gasteiger partial charge in [0.1, 0.15) is 24.5 Å². The van der Waals surface area contributed by atoms with Gasteiger partial charge in [-0.25, -0.2) is 0 Å². The molecule has 3 aliphatic heterocycles. The van der Waals surface area contributed by atoms with Gasteiger partial charge in [0.2, 0.25) is 0 Å². The molecule has 0 spiro atoms. The number of nitrogens with zero attached hydrogens (tertiary/aromatic N) is 1. The number of ether oxygens (including phenoxy) is 2. The third-order valence-corrected chi connectivity index (χ3v) is 7.66. The Morgan fingerprint density at radius 1 is 1.12 bits per heavy atom. The quantitative estimate of drug-likeness (QED) is 0.299. The van der Waals surface area contributed by atoms with Crippen molar-refractivity contribution in [2.75, 3.05) is 44.1 Å². The van der Waals surface area contributed by atoms with Gasteiger partial charge in [-0.3, -0.25) is 5.32 Å². The maximum atomic E-state index is 10.3. The van der Waals surface area contributed by atoms with Gasteiger partial charge in [-0.05, 0) is 56.3 Å². The highest BCUT2D eigenvalue weighted by molar-refractivity contribution is 5.75. The Labute approximate surface area is 189 Å². The molecule has 5 rings (SSSR count). The average Bonchev–Trinajstić information content (AvgIpc) is 3.21. The normalized spacial score (nSPS) is 36.3. The van der Waals surface area contributed by atoms with E-state index in [4.69, 9.17) is 15.2 Å². The smallest absolute Gasteiger partial charge is 0.138 e. The molecule has 3 heterocycles. The number of hydrogen-bond acceptors (Lipinski definition) is 9. The molecule has 2 saturated heterocycles. The molecule has 1 unspecified atom stereocenters. The van der Waals surface area contributed by atoms with Crippen LogP contribution in [0.5, 0.6) is 0 Å². The van der Waals surface area contributed by atoms with Crippen LogP contribution in [0, 0.1) is 5.92 Å². The van der Waals surface area contributed by atoms with E-state index in [0.717, 1.165) is 38.4 Å². The second-order valence-corrected chi connectivity index (χ2v) is 9.87. The highest BCUT2D eigenvalue weighted by Crippen LogP contribution is 2.38. The fraction of sp³-hybridized carbons (Fsp3) is 0.739. The zero-order chi connectivity index (χ0) is 22.2. The van der Waals surface area contributed by atoms with Crippen molar-refractivity contribution < 1.29 is 19.7 Å². The van der Waals surface area contributed by atoms with Crippen molar-refractivity contribution in [1.29, 1.82) is 0 Å². The van der Waals surface area contributed by atoms with Crippen molar-refractivity contribution in [1.82, 2.24) is 10.2 Å². The molecule has 0 aromatic heterocycles. The predicted molar refractivity (Wildman–Crippen MR) is 122 cm³/mol. The minimum atomic E-state index is -0.945. The van der Waals surface area contributed by atoms with Crippen molar-refractivity contribution >= 4 is 11.4 Å². The van der Waals surface area contributed by atoms with Crippen molar-refractivity contribution in [3.63, 3.8) is 0 Å². The number of rotatable bonds is 9. The van der Waals surface area contributed by atoms with Gasteiger partial charge in [-0.2, -0.15) is 0 Å². The zero-order valence-corrected chi connectivity index (χ0v) is 18.7. The Hall–Kier alpha value is -1.46. The van der Waals surface area contributed by atoms with Crippen LogP contribution in [-0.2, 0) is 9.47 Å². The maximum Gasteiger partial charge on any atom is 0.138 e. The molecular formula is C23H37N5O4.